The number of hydrogen-bond donors (Lipinski definition) is 1. The van der Waals surface area contributed by atoms with Gasteiger partial charge in [-0.1, -0.05) is 83.1 Å². The molecule has 0 amide bonds. The molecule has 4 heteroatoms. The van der Waals surface area contributed by atoms with Crippen molar-refractivity contribution >= 4 is 10.1 Å². The first kappa shape index (κ1) is 22.2. The predicted octanol–water partition coefficient (Wildman–Crippen LogP) is 6.14. The quantitative estimate of drug-likeness (QED) is 0.317. The molecule has 1 rings (SSSR count). The first-order chi connectivity index (χ1) is 11.9. The summed E-state index contributed by atoms with van der Waals surface area (Å²) in [6.45, 7) is 4.43. The molecular weight excluding hydrogens is 332 g/mol. The molecule has 1 aromatic carbocycles. The van der Waals surface area contributed by atoms with Crippen molar-refractivity contribution < 1.29 is 13.0 Å². The van der Waals surface area contributed by atoms with Gasteiger partial charge in [0.2, 0.25) is 0 Å². The Morgan fingerprint density at radius 2 is 1.48 bits per heavy atom. The van der Waals surface area contributed by atoms with Gasteiger partial charge in [0.1, 0.15) is 0 Å². The third kappa shape index (κ3) is 11.4. The van der Waals surface area contributed by atoms with E-state index in [1.807, 2.05) is 0 Å². The maximum Gasteiger partial charge on any atom is 0.264 e. The molecule has 1 atom stereocenters. The van der Waals surface area contributed by atoms with Crippen LogP contribution in [0.4, 0.5) is 0 Å². The summed E-state index contributed by atoms with van der Waals surface area (Å²) >= 11 is 0. The summed E-state index contributed by atoms with van der Waals surface area (Å²) in [5.41, 5.74) is 2.73. The first-order valence-corrected chi connectivity index (χ1v) is 11.6. The molecule has 0 aliphatic heterocycles. The lowest BCUT2D eigenvalue weighted by atomic mass is 9.94. The molecule has 0 aliphatic rings. The Morgan fingerprint density at radius 3 is 2.08 bits per heavy atom. The zero-order chi connectivity index (χ0) is 18.5. The summed E-state index contributed by atoms with van der Waals surface area (Å²) in [6.07, 6.45) is 12.9. The fourth-order valence-corrected chi connectivity index (χ4v) is 3.77. The van der Waals surface area contributed by atoms with Crippen LogP contribution in [0.1, 0.15) is 95.1 Å². The van der Waals surface area contributed by atoms with Crippen LogP contribution in [0.5, 0.6) is 0 Å². The van der Waals surface area contributed by atoms with E-state index in [2.05, 4.69) is 38.1 Å². The SMILES string of the molecule is CCCCCCCCCc1ccc(C(C)CCCCS(=O)(=O)O)cc1. The first-order valence-electron chi connectivity index (χ1n) is 9.96. The van der Waals surface area contributed by atoms with E-state index in [-0.39, 0.29) is 5.75 Å². The van der Waals surface area contributed by atoms with E-state index >= 15 is 0 Å². The minimum Gasteiger partial charge on any atom is -0.286 e. The topological polar surface area (TPSA) is 54.4 Å². The molecule has 0 spiro atoms. The van der Waals surface area contributed by atoms with Gasteiger partial charge in [-0.2, -0.15) is 8.42 Å². The molecule has 0 saturated carbocycles. The lowest BCUT2D eigenvalue weighted by Gasteiger charge is -2.12. The normalized spacial score (nSPS) is 13.1. The second-order valence-corrected chi connectivity index (χ2v) is 8.87. The molecule has 1 N–H and O–H groups in total. The Kier molecular flexibility index (Phi) is 11.1. The van der Waals surface area contributed by atoms with Crippen molar-refractivity contribution in [1.82, 2.24) is 0 Å². The Bertz CT molecular complexity index is 549. The number of rotatable bonds is 14. The minimum absolute atomic E-state index is 0.128. The van der Waals surface area contributed by atoms with Gasteiger partial charge >= 0.3 is 0 Å². The zero-order valence-electron chi connectivity index (χ0n) is 16.0. The van der Waals surface area contributed by atoms with Gasteiger partial charge in [-0.05, 0) is 42.7 Å². The zero-order valence-corrected chi connectivity index (χ0v) is 16.9. The monoisotopic (exact) mass is 368 g/mol. The summed E-state index contributed by atoms with van der Waals surface area (Å²) in [5.74, 6) is 0.297. The van der Waals surface area contributed by atoms with Crippen LogP contribution >= 0.6 is 0 Å². The number of aryl methyl sites for hydroxylation is 1. The van der Waals surface area contributed by atoms with Crippen molar-refractivity contribution in [3.8, 4) is 0 Å². The second kappa shape index (κ2) is 12.5. The van der Waals surface area contributed by atoms with Gasteiger partial charge in [0.25, 0.3) is 10.1 Å². The van der Waals surface area contributed by atoms with Crippen molar-refractivity contribution in [2.45, 2.75) is 90.4 Å². The van der Waals surface area contributed by atoms with Crippen LogP contribution < -0.4 is 0 Å². The molecule has 0 saturated heterocycles. The van der Waals surface area contributed by atoms with Gasteiger partial charge in [0.15, 0.2) is 0 Å². The van der Waals surface area contributed by atoms with Crippen LogP contribution in [0.3, 0.4) is 0 Å². The fourth-order valence-electron chi connectivity index (χ4n) is 3.20. The molecule has 1 unspecified atom stereocenters. The molecule has 0 aromatic heterocycles. The standard InChI is InChI=1S/C21H36O3S/c1-3-4-5-6-7-8-9-13-20-14-16-21(17-15-20)19(2)12-10-11-18-25(22,23)24/h14-17,19H,3-13,18H2,1-2H3,(H,22,23,24). The van der Waals surface area contributed by atoms with Crippen LogP contribution in [0.25, 0.3) is 0 Å². The highest BCUT2D eigenvalue weighted by Crippen LogP contribution is 2.22. The molecule has 1 aromatic rings. The molecule has 0 aliphatic carbocycles. The second-order valence-electron chi connectivity index (χ2n) is 7.30. The van der Waals surface area contributed by atoms with Crippen molar-refractivity contribution in [3.63, 3.8) is 0 Å². The molecule has 0 radical (unpaired) electrons. The largest absolute Gasteiger partial charge is 0.286 e. The smallest absolute Gasteiger partial charge is 0.264 e. The van der Waals surface area contributed by atoms with Gasteiger partial charge in [-0.3, -0.25) is 4.55 Å². The van der Waals surface area contributed by atoms with Crippen LogP contribution in [0.15, 0.2) is 24.3 Å². The maximum absolute atomic E-state index is 10.7. The Morgan fingerprint density at radius 1 is 0.880 bits per heavy atom. The molecule has 0 heterocycles. The van der Waals surface area contributed by atoms with Crippen LogP contribution in [0, 0.1) is 0 Å². The average Bonchev–Trinajstić information content (AvgIpc) is 2.57. The maximum atomic E-state index is 10.7. The fraction of sp³-hybridized carbons (Fsp3) is 0.714. The Balaban J connectivity index is 2.21. The third-order valence-corrected chi connectivity index (χ3v) is 5.71. The highest BCUT2D eigenvalue weighted by molar-refractivity contribution is 7.85. The number of benzene rings is 1. The summed E-state index contributed by atoms with van der Waals surface area (Å²) in [5, 5.41) is 0. The molecule has 0 fully saturated rings. The lowest BCUT2D eigenvalue weighted by molar-refractivity contribution is 0.478. The van der Waals surface area contributed by atoms with Gasteiger partial charge in [-0.25, -0.2) is 0 Å². The molecule has 3 nitrogen and oxygen atoms in total. The van der Waals surface area contributed by atoms with E-state index in [4.69, 9.17) is 4.55 Å². The molecule has 25 heavy (non-hydrogen) atoms. The molecule has 144 valence electrons. The van der Waals surface area contributed by atoms with Crippen molar-refractivity contribution in [2.75, 3.05) is 5.75 Å². The van der Waals surface area contributed by atoms with E-state index < -0.39 is 10.1 Å². The average molecular weight is 369 g/mol. The highest BCUT2D eigenvalue weighted by Gasteiger charge is 2.08. The summed E-state index contributed by atoms with van der Waals surface area (Å²) in [4.78, 5) is 0. The predicted molar refractivity (Wildman–Crippen MR) is 107 cm³/mol. The van der Waals surface area contributed by atoms with Crippen molar-refractivity contribution in [1.29, 1.82) is 0 Å². The number of hydrogen-bond acceptors (Lipinski definition) is 2. The summed E-state index contributed by atoms with van der Waals surface area (Å²) < 4.78 is 30.2. The Hall–Kier alpha value is -0.870. The van der Waals surface area contributed by atoms with Crippen LogP contribution in [-0.2, 0) is 16.5 Å². The van der Waals surface area contributed by atoms with Gasteiger partial charge in [-0.15, -0.1) is 0 Å². The van der Waals surface area contributed by atoms with E-state index in [0.29, 0.717) is 12.3 Å². The van der Waals surface area contributed by atoms with Gasteiger partial charge in [0, 0.05) is 0 Å². The van der Waals surface area contributed by atoms with Crippen LogP contribution in [-0.4, -0.2) is 18.7 Å². The van der Waals surface area contributed by atoms with Crippen LogP contribution in [0.2, 0.25) is 0 Å². The van der Waals surface area contributed by atoms with E-state index in [9.17, 15) is 8.42 Å². The minimum atomic E-state index is -3.81. The van der Waals surface area contributed by atoms with Gasteiger partial charge < -0.3 is 0 Å². The van der Waals surface area contributed by atoms with Crippen molar-refractivity contribution in [3.05, 3.63) is 35.4 Å². The highest BCUT2D eigenvalue weighted by atomic mass is 32.2. The lowest BCUT2D eigenvalue weighted by Crippen LogP contribution is -2.04. The van der Waals surface area contributed by atoms with E-state index in [1.165, 1.54) is 56.1 Å². The molecule has 0 bridgehead atoms. The number of unbranched alkanes of at least 4 members (excludes halogenated alkanes) is 7. The molecular formula is C21H36O3S. The third-order valence-electron chi connectivity index (χ3n) is 4.91. The van der Waals surface area contributed by atoms with E-state index in [0.717, 1.165) is 19.3 Å². The van der Waals surface area contributed by atoms with Crippen molar-refractivity contribution in [2.24, 2.45) is 0 Å². The van der Waals surface area contributed by atoms with Gasteiger partial charge in [0.05, 0.1) is 5.75 Å². The van der Waals surface area contributed by atoms with E-state index in [1.54, 1.807) is 0 Å². The summed E-state index contributed by atoms with van der Waals surface area (Å²) in [6, 6.07) is 8.90. The summed E-state index contributed by atoms with van der Waals surface area (Å²) in [7, 11) is -3.81. The Labute approximate surface area is 155 Å².